The zero-order valence-corrected chi connectivity index (χ0v) is 11.8. The Kier molecular flexibility index (Phi) is 3.99. The van der Waals surface area contributed by atoms with E-state index in [1.165, 1.54) is 25.7 Å². The lowest BCUT2D eigenvalue weighted by Gasteiger charge is -2.21. The molecule has 19 heavy (non-hydrogen) atoms. The van der Waals surface area contributed by atoms with Crippen molar-refractivity contribution in [3.63, 3.8) is 0 Å². The number of hydrogen-bond acceptors (Lipinski definition) is 1. The molecule has 0 N–H and O–H groups in total. The largest absolute Gasteiger partial charge is 0.493 e. The minimum absolute atomic E-state index is 0.377. The summed E-state index contributed by atoms with van der Waals surface area (Å²) in [6, 6.07) is 8.00. The number of rotatable bonds is 3. The highest BCUT2D eigenvalue weighted by Crippen LogP contribution is 2.48. The van der Waals surface area contributed by atoms with Crippen molar-refractivity contribution < 1.29 is 4.74 Å². The van der Waals surface area contributed by atoms with E-state index in [1.807, 2.05) is 24.3 Å². The van der Waals surface area contributed by atoms with Gasteiger partial charge >= 0.3 is 0 Å². The van der Waals surface area contributed by atoms with E-state index < -0.39 is 0 Å². The molecular formula is C17H19ClO. The van der Waals surface area contributed by atoms with Crippen molar-refractivity contribution in [1.29, 1.82) is 0 Å². The van der Waals surface area contributed by atoms with Gasteiger partial charge in [0.25, 0.3) is 0 Å². The smallest absolute Gasteiger partial charge is 0.119 e. The molecule has 3 unspecified atom stereocenters. The molecule has 3 atom stereocenters. The number of ether oxygens (including phenoxy) is 1. The third-order valence-corrected chi connectivity index (χ3v) is 4.64. The zero-order valence-electron chi connectivity index (χ0n) is 11.1. The Morgan fingerprint density at radius 1 is 1.16 bits per heavy atom. The Hall–Kier alpha value is -1.13. The van der Waals surface area contributed by atoms with Crippen molar-refractivity contribution in [3.05, 3.63) is 29.8 Å². The maximum absolute atomic E-state index is 5.93. The number of halogens is 1. The second-order valence-corrected chi connectivity index (χ2v) is 5.97. The fourth-order valence-electron chi connectivity index (χ4n) is 3.55. The van der Waals surface area contributed by atoms with Gasteiger partial charge in [0.2, 0.25) is 0 Å². The Bertz CT molecular complexity index is 482. The molecule has 2 fully saturated rings. The molecule has 0 aliphatic heterocycles. The van der Waals surface area contributed by atoms with Crippen molar-refractivity contribution in [2.45, 2.75) is 25.7 Å². The Balaban J connectivity index is 1.53. The average molecular weight is 275 g/mol. The minimum Gasteiger partial charge on any atom is -0.493 e. The summed E-state index contributed by atoms with van der Waals surface area (Å²) in [7, 11) is 0. The molecule has 1 aromatic rings. The van der Waals surface area contributed by atoms with Crippen LogP contribution in [0.2, 0.25) is 0 Å². The van der Waals surface area contributed by atoms with Crippen molar-refractivity contribution in [3.8, 4) is 17.6 Å². The maximum Gasteiger partial charge on any atom is 0.119 e. The lowest BCUT2D eigenvalue weighted by molar-refractivity contribution is 0.195. The summed E-state index contributed by atoms with van der Waals surface area (Å²) >= 11 is 5.54. The minimum atomic E-state index is 0.377. The van der Waals surface area contributed by atoms with Crippen LogP contribution in [0.3, 0.4) is 0 Å². The van der Waals surface area contributed by atoms with Crippen LogP contribution in [0, 0.1) is 29.6 Å². The third kappa shape index (κ3) is 3.07. The van der Waals surface area contributed by atoms with Gasteiger partial charge in [-0.2, -0.15) is 0 Å². The van der Waals surface area contributed by atoms with E-state index in [4.69, 9.17) is 16.3 Å². The normalized spacial score (nSPS) is 27.9. The van der Waals surface area contributed by atoms with Crippen LogP contribution in [-0.2, 0) is 0 Å². The molecule has 2 saturated carbocycles. The molecule has 3 rings (SSSR count). The van der Waals surface area contributed by atoms with Crippen LogP contribution in [0.25, 0.3) is 0 Å². The lowest BCUT2D eigenvalue weighted by Crippen LogP contribution is -2.18. The summed E-state index contributed by atoms with van der Waals surface area (Å²) in [6.07, 6.45) is 5.70. The summed E-state index contributed by atoms with van der Waals surface area (Å²) in [6.45, 7) is 0.883. The molecule has 0 spiro atoms. The molecular weight excluding hydrogens is 256 g/mol. The molecule has 2 aliphatic rings. The van der Waals surface area contributed by atoms with Gasteiger partial charge in [0, 0.05) is 5.56 Å². The summed E-state index contributed by atoms with van der Waals surface area (Å²) in [5.41, 5.74) is 0.993. The number of benzene rings is 1. The van der Waals surface area contributed by atoms with Gasteiger partial charge in [0.1, 0.15) is 5.75 Å². The van der Waals surface area contributed by atoms with Crippen LogP contribution in [0.5, 0.6) is 5.75 Å². The predicted molar refractivity (Wildman–Crippen MR) is 78.5 cm³/mol. The van der Waals surface area contributed by atoms with Crippen LogP contribution in [0.1, 0.15) is 31.2 Å². The van der Waals surface area contributed by atoms with Crippen LogP contribution in [0.15, 0.2) is 24.3 Å². The molecule has 0 heterocycles. The van der Waals surface area contributed by atoms with Crippen LogP contribution >= 0.6 is 11.6 Å². The molecule has 2 aliphatic carbocycles. The number of hydrogen-bond donors (Lipinski definition) is 0. The van der Waals surface area contributed by atoms with E-state index in [1.54, 1.807) is 0 Å². The third-order valence-electron chi connectivity index (χ3n) is 4.50. The van der Waals surface area contributed by atoms with E-state index in [9.17, 15) is 0 Å². The maximum atomic E-state index is 5.93. The van der Waals surface area contributed by atoms with Gasteiger partial charge in [-0.25, -0.2) is 0 Å². The Morgan fingerprint density at radius 2 is 2.00 bits per heavy atom. The van der Waals surface area contributed by atoms with Gasteiger partial charge in [-0.15, -0.1) is 11.6 Å². The summed E-state index contributed by atoms with van der Waals surface area (Å²) in [4.78, 5) is 0. The zero-order chi connectivity index (χ0) is 13.1. The molecule has 0 aromatic heterocycles. The number of alkyl halides is 1. The SMILES string of the molecule is ClCC#Cc1ccc(OCC2CC3CCC2C3)cc1. The highest BCUT2D eigenvalue weighted by Gasteiger charge is 2.39. The predicted octanol–water partition coefficient (Wildman–Crippen LogP) is 4.09. The second-order valence-electron chi connectivity index (χ2n) is 5.71. The molecule has 1 nitrogen and oxygen atoms in total. The van der Waals surface area contributed by atoms with Gasteiger partial charge in [0.15, 0.2) is 0 Å². The first-order valence-electron chi connectivity index (χ1n) is 7.13. The molecule has 1 aromatic carbocycles. The fraction of sp³-hybridized carbons (Fsp3) is 0.529. The van der Waals surface area contributed by atoms with Crippen molar-refractivity contribution in [2.75, 3.05) is 12.5 Å². The van der Waals surface area contributed by atoms with E-state index >= 15 is 0 Å². The van der Waals surface area contributed by atoms with Crippen molar-refractivity contribution in [2.24, 2.45) is 17.8 Å². The first-order chi connectivity index (χ1) is 9.35. The number of fused-ring (bicyclic) bond motifs is 2. The van der Waals surface area contributed by atoms with E-state index in [0.29, 0.717) is 5.88 Å². The Morgan fingerprint density at radius 3 is 2.63 bits per heavy atom. The average Bonchev–Trinajstić information content (AvgIpc) is 3.06. The van der Waals surface area contributed by atoms with Crippen molar-refractivity contribution >= 4 is 11.6 Å². The van der Waals surface area contributed by atoms with Crippen LogP contribution < -0.4 is 4.74 Å². The fourth-order valence-corrected chi connectivity index (χ4v) is 3.62. The molecule has 100 valence electrons. The molecule has 2 heteroatoms. The van der Waals surface area contributed by atoms with Gasteiger partial charge in [-0.1, -0.05) is 18.3 Å². The highest BCUT2D eigenvalue weighted by molar-refractivity contribution is 6.19. The first-order valence-corrected chi connectivity index (χ1v) is 7.66. The summed E-state index contributed by atoms with van der Waals surface area (Å²) < 4.78 is 5.93. The molecule has 0 radical (unpaired) electrons. The van der Waals surface area contributed by atoms with Crippen LogP contribution in [-0.4, -0.2) is 12.5 Å². The van der Waals surface area contributed by atoms with Gasteiger partial charge < -0.3 is 4.74 Å². The van der Waals surface area contributed by atoms with E-state index in [0.717, 1.165) is 35.7 Å². The van der Waals surface area contributed by atoms with Gasteiger partial charge in [-0.05, 0) is 61.3 Å². The monoisotopic (exact) mass is 274 g/mol. The summed E-state index contributed by atoms with van der Waals surface area (Å²) in [5.74, 6) is 9.90. The topological polar surface area (TPSA) is 9.23 Å². The van der Waals surface area contributed by atoms with Crippen molar-refractivity contribution in [1.82, 2.24) is 0 Å². The quantitative estimate of drug-likeness (QED) is 0.596. The first kappa shape index (κ1) is 12.9. The van der Waals surface area contributed by atoms with E-state index in [2.05, 4.69) is 11.8 Å². The van der Waals surface area contributed by atoms with E-state index in [-0.39, 0.29) is 0 Å². The van der Waals surface area contributed by atoms with Crippen LogP contribution in [0.4, 0.5) is 0 Å². The second kappa shape index (κ2) is 5.88. The molecule has 0 saturated heterocycles. The molecule has 0 amide bonds. The molecule has 2 bridgehead atoms. The lowest BCUT2D eigenvalue weighted by atomic mass is 9.89. The standard InChI is InChI=1S/C17H19ClO/c18-9-1-2-13-4-7-17(8-5-13)19-12-16-11-14-3-6-15(16)10-14/h4-5,7-8,14-16H,3,6,9-12H2. The summed E-state index contributed by atoms with van der Waals surface area (Å²) in [5, 5.41) is 0. The van der Waals surface area contributed by atoms with Gasteiger partial charge in [0.05, 0.1) is 12.5 Å². The Labute approximate surface area is 120 Å². The van der Waals surface area contributed by atoms with Gasteiger partial charge in [-0.3, -0.25) is 0 Å². The highest BCUT2D eigenvalue weighted by atomic mass is 35.5.